The van der Waals surface area contributed by atoms with Gasteiger partial charge in [0.15, 0.2) is 33.8 Å². The van der Waals surface area contributed by atoms with Crippen LogP contribution in [0.5, 0.6) is 0 Å². The number of anilines is 4. The first-order valence-corrected chi connectivity index (χ1v) is 36.1. The van der Waals surface area contributed by atoms with Gasteiger partial charge in [-0.1, -0.05) is 0 Å². The second-order valence-electron chi connectivity index (χ2n) is 23.4. The van der Waals surface area contributed by atoms with Gasteiger partial charge in [0.25, 0.3) is 16.7 Å². The Balaban J connectivity index is 0.707. The molecular weight excluding hydrogens is 1440 g/mol. The number of nitrogens with two attached hydrogens (primary N) is 4. The van der Waals surface area contributed by atoms with Gasteiger partial charge in [-0.3, -0.25) is 88.4 Å². The third-order valence-corrected chi connectivity index (χ3v) is 20.7. The second-order valence-corrected chi connectivity index (χ2v) is 29.0. The molecule has 48 nitrogen and oxygen atoms in total. The zero-order valence-electron chi connectivity index (χ0n) is 51.8. The molecule has 0 saturated carbocycles. The molecule has 546 valence electrons. The van der Waals surface area contributed by atoms with Crippen molar-refractivity contribution in [2.24, 2.45) is 0 Å². The van der Waals surface area contributed by atoms with Crippen molar-refractivity contribution in [2.45, 2.75) is 131 Å². The van der Waals surface area contributed by atoms with Crippen LogP contribution in [-0.4, -0.2) is 202 Å². The molecule has 19 atom stereocenters. The molecule has 17 N–H and O–H groups in total. The summed E-state index contributed by atoms with van der Waals surface area (Å²) in [5, 5.41) is 21.1. The lowest BCUT2D eigenvalue weighted by Gasteiger charge is -2.25. The minimum atomic E-state index is -5.53. The summed E-state index contributed by atoms with van der Waals surface area (Å²) < 4.78 is 136. The van der Waals surface area contributed by atoms with Crippen LogP contribution >= 0.6 is 31.3 Å². The number of H-pyrrole nitrogens is 3. The average Bonchev–Trinajstić information content (AvgIpc) is 1.64. The number of fused-ring (bicyclic) bond motifs is 3. The largest absolute Gasteiger partial charge is 0.472 e. The number of aliphatic hydroxyl groups excluding tert-OH is 2. The van der Waals surface area contributed by atoms with Crippen LogP contribution in [0.15, 0.2) is 67.7 Å². The number of aromatic amines is 3. The fraction of sp³-hybridized carbons (Fsp3) is 0.531. The van der Waals surface area contributed by atoms with Crippen LogP contribution < -0.4 is 51.0 Å². The summed E-state index contributed by atoms with van der Waals surface area (Å²) in [6.07, 6.45) is -16.1. The molecule has 52 heteroatoms. The number of hydrogen-bond acceptors (Lipinski definition) is 36. The number of aromatic nitrogens is 16. The molecule has 13 heterocycles. The van der Waals surface area contributed by atoms with Crippen LogP contribution in [0.25, 0.3) is 33.5 Å². The molecular formula is C49H62N20O28P4. The Morgan fingerprint density at radius 3 is 1.39 bits per heavy atom. The van der Waals surface area contributed by atoms with Gasteiger partial charge < -0.3 is 76.4 Å². The van der Waals surface area contributed by atoms with Crippen molar-refractivity contribution in [3.05, 3.63) is 101 Å². The standard InChI is InChI=1S/C49H62N20O28P4/c1-19-9-66(49(76)64-43(19)72)33-5-21(25(10-70)89-33)94-99(79,80)86-13-28-23(7-34(92-28)68-17-57-37-41(68)60-46(52)62-44(37)73)97-101(83,84)88-14-29-24(8-35(93-29)69-18-58-38-42(69)61-47(53)63-45(38)74)96-100(81,82)87-12-27-22(6-32(91-27)65-3-2-30(50)59-48(65)75)95-98(77,78)85-11-26-20(71)4-31(90-26)67-16-56-36-39(51)54-15-55-40(36)67/h2-3,9,15-18,20-29,31-35,70-71H,4-8,10-14H2,1H3,(H,77,78)(H,79,80)(H,81,82)(H,83,84)(H2,50,59,75)(H2,51,54,55)(H,64,72,76)(H3,52,60,62,73)(H3,53,61,63,74)/t20-,21-,22-,23-,24-,25+,26+,27+,28+,29+,31+,32+,33+,34+,35+/m0/s1. The van der Waals surface area contributed by atoms with Gasteiger partial charge in [-0.05, 0) is 13.0 Å². The fourth-order valence-electron chi connectivity index (χ4n) is 11.9. The zero-order chi connectivity index (χ0) is 71.8. The zero-order valence-corrected chi connectivity index (χ0v) is 55.4. The molecule has 0 aromatic carbocycles. The van der Waals surface area contributed by atoms with Crippen molar-refractivity contribution in [3.8, 4) is 0 Å². The highest BCUT2D eigenvalue weighted by molar-refractivity contribution is 7.48. The third kappa shape index (κ3) is 15.5. The van der Waals surface area contributed by atoms with E-state index in [2.05, 4.69) is 54.8 Å². The van der Waals surface area contributed by atoms with E-state index >= 15 is 0 Å². The van der Waals surface area contributed by atoms with Crippen molar-refractivity contribution in [1.82, 2.24) is 77.7 Å². The number of phosphoric ester groups is 4. The molecule has 0 bridgehead atoms. The summed E-state index contributed by atoms with van der Waals surface area (Å²) in [5.41, 5.74) is 19.1. The maximum absolute atomic E-state index is 14.3. The van der Waals surface area contributed by atoms with Crippen LogP contribution in [-0.2, 0) is 78.1 Å². The van der Waals surface area contributed by atoms with Crippen LogP contribution in [0.1, 0.15) is 68.8 Å². The predicted molar refractivity (Wildman–Crippen MR) is 332 cm³/mol. The smallest absolute Gasteiger partial charge is 0.394 e. The first kappa shape index (κ1) is 71.6. The number of nitrogen functional groups attached to an aromatic ring is 4. The Bertz CT molecular complexity index is 4970. The molecule has 5 aliphatic rings. The molecule has 0 radical (unpaired) electrons. The van der Waals surface area contributed by atoms with Crippen molar-refractivity contribution >= 4 is 88.3 Å². The van der Waals surface area contributed by atoms with Crippen molar-refractivity contribution in [3.63, 3.8) is 0 Å². The molecule has 8 aromatic heterocycles. The number of rotatable bonds is 26. The summed E-state index contributed by atoms with van der Waals surface area (Å²) >= 11 is 0. The Kier molecular flexibility index (Phi) is 19.9. The number of aliphatic hydroxyl groups is 2. The first-order chi connectivity index (χ1) is 47.9. The number of imidazole rings is 3. The van der Waals surface area contributed by atoms with Gasteiger partial charge in [-0.25, -0.2) is 52.8 Å². The molecule has 5 saturated heterocycles. The van der Waals surface area contributed by atoms with Crippen LogP contribution in [0.3, 0.4) is 0 Å². The van der Waals surface area contributed by atoms with Gasteiger partial charge in [0.2, 0.25) is 11.9 Å². The van der Waals surface area contributed by atoms with Gasteiger partial charge >= 0.3 is 42.7 Å². The van der Waals surface area contributed by atoms with Crippen molar-refractivity contribution in [2.75, 3.05) is 56.0 Å². The van der Waals surface area contributed by atoms with E-state index in [1.54, 1.807) is 0 Å². The average molecular weight is 1500 g/mol. The van der Waals surface area contributed by atoms with Gasteiger partial charge in [0, 0.05) is 50.1 Å². The normalized spacial score (nSPS) is 29.4. The van der Waals surface area contributed by atoms with Crippen LogP contribution in [0.4, 0.5) is 23.5 Å². The van der Waals surface area contributed by atoms with Crippen molar-refractivity contribution in [1.29, 1.82) is 0 Å². The summed E-state index contributed by atoms with van der Waals surface area (Å²) in [6.45, 7) is -3.20. The minimum Gasteiger partial charge on any atom is -0.394 e. The number of ether oxygens (including phenoxy) is 5. The van der Waals surface area contributed by atoms with E-state index in [4.69, 9.17) is 82.8 Å². The molecule has 13 rings (SSSR count). The molecule has 101 heavy (non-hydrogen) atoms. The number of hydrogen-bond donors (Lipinski definition) is 13. The van der Waals surface area contributed by atoms with E-state index in [0.717, 1.165) is 21.8 Å². The Hall–Kier alpha value is -7.83. The lowest BCUT2D eigenvalue weighted by molar-refractivity contribution is -0.0638. The van der Waals surface area contributed by atoms with E-state index in [9.17, 15) is 72.0 Å². The fourth-order valence-corrected chi connectivity index (χ4v) is 15.7. The number of nitrogens with one attached hydrogen (secondary N) is 3. The molecule has 0 spiro atoms. The number of aryl methyl sites for hydroxylation is 1. The van der Waals surface area contributed by atoms with Gasteiger partial charge in [0.1, 0.15) is 104 Å². The summed E-state index contributed by atoms with van der Waals surface area (Å²) in [6, 6.07) is 1.24. The third-order valence-electron chi connectivity index (χ3n) is 16.6. The lowest BCUT2D eigenvalue weighted by Crippen LogP contribution is -2.33. The monoisotopic (exact) mass is 1500 g/mol. The topological polar surface area (TPSA) is 674 Å². The minimum absolute atomic E-state index is 0.0549. The molecule has 5 aliphatic heterocycles. The van der Waals surface area contributed by atoms with Crippen molar-refractivity contribution < 1.29 is 108 Å². The Morgan fingerprint density at radius 2 is 0.911 bits per heavy atom. The summed E-state index contributed by atoms with van der Waals surface area (Å²) in [5.74, 6) is -0.813. The lowest BCUT2D eigenvalue weighted by atomic mass is 10.2. The first-order valence-electron chi connectivity index (χ1n) is 30.1. The number of nitrogens with zero attached hydrogens (tertiary/aromatic N) is 13. The SMILES string of the molecule is Cc1cn([C@H]2C[C@H](OP(=O)(O)OC[C@H]3O[C@@H](n4cnc5c(=O)[nH]c(N)nc54)C[C@@H]3OP(=O)(O)OC[C@H]3O[C@@H](n4cnc5c(=O)[nH]c(N)nc54)C[C@@H]3OP(=O)(O)OC[C@H]3O[C@@H](n4ccc(N)nc4=O)C[C@@H]3OP(=O)(O)OC[C@H]3O[C@@H](n4cnc5c(N)ncnc54)C[C@@H]3O)[C@@H](CO)O2)c(=O)[nH]c1=O. The Labute approximate surface area is 560 Å². The predicted octanol–water partition coefficient (Wildman–Crippen LogP) is -2.66. The highest BCUT2D eigenvalue weighted by Crippen LogP contribution is 2.55. The quantitative estimate of drug-likeness (QED) is 0.0246. The Morgan fingerprint density at radius 1 is 0.505 bits per heavy atom. The highest BCUT2D eigenvalue weighted by Gasteiger charge is 2.50. The van der Waals surface area contributed by atoms with E-state index in [1.807, 2.05) is 0 Å². The van der Waals surface area contributed by atoms with E-state index in [-0.39, 0.29) is 75.4 Å². The molecule has 4 unspecified atom stereocenters. The second kappa shape index (κ2) is 28.1. The van der Waals surface area contributed by atoms with Crippen LogP contribution in [0.2, 0.25) is 0 Å². The van der Waals surface area contributed by atoms with Crippen LogP contribution in [0, 0.1) is 6.92 Å². The van der Waals surface area contributed by atoms with E-state index in [0.29, 0.717) is 0 Å². The van der Waals surface area contributed by atoms with E-state index in [1.165, 1.54) is 51.7 Å². The molecule has 0 amide bonds. The molecule has 8 aromatic rings. The van der Waals surface area contributed by atoms with Gasteiger partial charge in [0.05, 0.1) is 58.1 Å². The highest BCUT2D eigenvalue weighted by atomic mass is 31.2. The molecule has 0 aliphatic carbocycles. The summed E-state index contributed by atoms with van der Waals surface area (Å²) in [4.78, 5) is 148. The van der Waals surface area contributed by atoms with E-state index < -0.39 is 204 Å². The molecule has 5 fully saturated rings. The maximum atomic E-state index is 14.3. The number of phosphoric acid groups is 4. The van der Waals surface area contributed by atoms with Gasteiger partial charge in [-0.15, -0.1) is 0 Å². The maximum Gasteiger partial charge on any atom is 0.472 e. The summed E-state index contributed by atoms with van der Waals surface area (Å²) in [7, 11) is -21.6. The van der Waals surface area contributed by atoms with Gasteiger partial charge in [-0.2, -0.15) is 15.0 Å².